The van der Waals surface area contributed by atoms with Crippen LogP contribution in [-0.2, 0) is 24.3 Å². The van der Waals surface area contributed by atoms with E-state index in [-0.39, 0.29) is 11.0 Å². The average Bonchev–Trinajstić information content (AvgIpc) is 2.69. The van der Waals surface area contributed by atoms with Crippen molar-refractivity contribution in [2.75, 3.05) is 0 Å². The zero-order chi connectivity index (χ0) is 14.5. The Morgan fingerprint density at radius 2 is 2.35 bits per heavy atom. The van der Waals surface area contributed by atoms with E-state index in [0.29, 0.717) is 29.9 Å². The summed E-state index contributed by atoms with van der Waals surface area (Å²) in [7, 11) is 0. The van der Waals surface area contributed by atoms with Crippen LogP contribution in [0.15, 0.2) is 17.4 Å². The van der Waals surface area contributed by atoms with Gasteiger partial charge in [0.05, 0.1) is 12.2 Å². The Labute approximate surface area is 125 Å². The van der Waals surface area contributed by atoms with E-state index in [0.717, 1.165) is 15.3 Å². The van der Waals surface area contributed by atoms with Crippen LogP contribution in [0.1, 0.15) is 24.3 Å². The van der Waals surface area contributed by atoms with Gasteiger partial charge in [0.1, 0.15) is 10.3 Å². The number of allylic oxidation sites excluding steroid dienone is 1. The Bertz CT molecular complexity index is 811. The maximum absolute atomic E-state index is 12.7. The molecule has 106 valence electrons. The molecule has 1 aliphatic heterocycles. The van der Waals surface area contributed by atoms with Crippen molar-refractivity contribution in [1.29, 1.82) is 0 Å². The SMILES string of the molecule is C=CCn1c(=S)[nH]c2c(=O)c3c(sc21)COC(C)(C)C3. The number of nitrogens with one attached hydrogen (secondary N) is 1. The molecule has 2 aromatic rings. The molecule has 0 aliphatic carbocycles. The fourth-order valence-electron chi connectivity index (χ4n) is 2.50. The van der Waals surface area contributed by atoms with Gasteiger partial charge in [0, 0.05) is 23.4 Å². The van der Waals surface area contributed by atoms with E-state index in [1.807, 2.05) is 18.4 Å². The van der Waals surface area contributed by atoms with Gasteiger partial charge in [-0.3, -0.25) is 4.79 Å². The molecule has 1 N–H and O–H groups in total. The van der Waals surface area contributed by atoms with Gasteiger partial charge < -0.3 is 14.3 Å². The standard InChI is InChI=1S/C14H16N2O2S2/c1-4-5-16-12-10(15-13(16)19)11(17)8-6-14(2,3)18-7-9(8)20-12/h4H,1,5-7H2,2-3H3,(H,15,19). The third-order valence-corrected chi connectivity index (χ3v) is 5.05. The zero-order valence-electron chi connectivity index (χ0n) is 11.5. The second-order valence-corrected chi connectivity index (χ2v) is 7.04. The first-order chi connectivity index (χ1) is 9.43. The molecule has 3 rings (SSSR count). The predicted octanol–water partition coefficient (Wildman–Crippen LogP) is 3.16. The summed E-state index contributed by atoms with van der Waals surface area (Å²) in [5, 5.41) is 0. The van der Waals surface area contributed by atoms with Gasteiger partial charge in [-0.2, -0.15) is 0 Å². The molecular formula is C14H16N2O2S2. The molecule has 4 nitrogen and oxygen atoms in total. The minimum atomic E-state index is -0.285. The maximum atomic E-state index is 12.7. The molecule has 2 aromatic heterocycles. The van der Waals surface area contributed by atoms with E-state index in [1.54, 1.807) is 17.4 Å². The summed E-state index contributed by atoms with van der Waals surface area (Å²) in [6, 6.07) is 0. The number of imidazole rings is 1. The van der Waals surface area contributed by atoms with Crippen LogP contribution >= 0.6 is 23.6 Å². The van der Waals surface area contributed by atoms with Gasteiger partial charge >= 0.3 is 0 Å². The molecule has 0 fully saturated rings. The van der Waals surface area contributed by atoms with Gasteiger partial charge in [-0.05, 0) is 26.1 Å². The smallest absolute Gasteiger partial charge is 0.209 e. The molecule has 0 spiro atoms. The van der Waals surface area contributed by atoms with E-state index in [9.17, 15) is 4.79 Å². The molecule has 0 saturated carbocycles. The van der Waals surface area contributed by atoms with Crippen molar-refractivity contribution in [2.24, 2.45) is 0 Å². The van der Waals surface area contributed by atoms with Crippen molar-refractivity contribution in [2.45, 2.75) is 39.0 Å². The molecular weight excluding hydrogens is 292 g/mol. The summed E-state index contributed by atoms with van der Waals surface area (Å²) < 4.78 is 8.28. The molecule has 0 aromatic carbocycles. The van der Waals surface area contributed by atoms with Crippen molar-refractivity contribution in [3.05, 3.63) is 38.1 Å². The van der Waals surface area contributed by atoms with Crippen LogP contribution in [0.5, 0.6) is 0 Å². The Balaban J connectivity index is 2.31. The Morgan fingerprint density at radius 3 is 3.05 bits per heavy atom. The van der Waals surface area contributed by atoms with Gasteiger partial charge in [0.2, 0.25) is 5.43 Å². The fraction of sp³-hybridized carbons (Fsp3) is 0.429. The van der Waals surface area contributed by atoms with E-state index in [1.165, 1.54) is 0 Å². The largest absolute Gasteiger partial charge is 0.370 e. The van der Waals surface area contributed by atoms with Gasteiger partial charge in [0.25, 0.3) is 0 Å². The number of rotatable bonds is 2. The zero-order valence-corrected chi connectivity index (χ0v) is 13.1. The Hall–Kier alpha value is -1.24. The molecule has 0 radical (unpaired) electrons. The molecule has 1 aliphatic rings. The summed E-state index contributed by atoms with van der Waals surface area (Å²) in [6.07, 6.45) is 2.42. The van der Waals surface area contributed by atoms with Gasteiger partial charge in [-0.15, -0.1) is 17.9 Å². The highest BCUT2D eigenvalue weighted by atomic mass is 32.1. The summed E-state index contributed by atoms with van der Waals surface area (Å²) in [5.41, 5.74) is 1.24. The molecule has 0 unspecified atom stereocenters. The minimum absolute atomic E-state index is 0.0547. The number of H-pyrrole nitrogens is 1. The van der Waals surface area contributed by atoms with Crippen LogP contribution in [-0.4, -0.2) is 15.2 Å². The van der Waals surface area contributed by atoms with Crippen molar-refractivity contribution in [1.82, 2.24) is 9.55 Å². The van der Waals surface area contributed by atoms with Gasteiger partial charge in [0.15, 0.2) is 4.77 Å². The second-order valence-electron chi connectivity index (χ2n) is 5.57. The summed E-state index contributed by atoms with van der Waals surface area (Å²) in [6.45, 7) is 8.84. The fourth-order valence-corrected chi connectivity index (χ4v) is 3.99. The van der Waals surface area contributed by atoms with Crippen LogP contribution in [0.25, 0.3) is 10.3 Å². The van der Waals surface area contributed by atoms with Crippen LogP contribution in [0.2, 0.25) is 0 Å². The van der Waals surface area contributed by atoms with E-state index in [2.05, 4.69) is 11.6 Å². The van der Waals surface area contributed by atoms with Crippen molar-refractivity contribution >= 4 is 33.9 Å². The quantitative estimate of drug-likeness (QED) is 0.685. The molecule has 0 atom stereocenters. The second kappa shape index (κ2) is 4.65. The molecule has 20 heavy (non-hydrogen) atoms. The highest BCUT2D eigenvalue weighted by Gasteiger charge is 2.29. The molecule has 0 saturated heterocycles. The summed E-state index contributed by atoms with van der Waals surface area (Å²) >= 11 is 6.88. The first-order valence-electron chi connectivity index (χ1n) is 6.45. The molecule has 0 bridgehead atoms. The van der Waals surface area contributed by atoms with Crippen LogP contribution < -0.4 is 5.43 Å². The number of aromatic amines is 1. The van der Waals surface area contributed by atoms with Crippen molar-refractivity contribution in [3.63, 3.8) is 0 Å². The van der Waals surface area contributed by atoms with Gasteiger partial charge in [-0.1, -0.05) is 6.08 Å². The predicted molar refractivity (Wildman–Crippen MR) is 84.0 cm³/mol. The van der Waals surface area contributed by atoms with Crippen molar-refractivity contribution < 1.29 is 4.74 Å². The number of nitrogens with zero attached hydrogens (tertiary/aromatic N) is 1. The number of hydrogen-bond acceptors (Lipinski definition) is 4. The third-order valence-electron chi connectivity index (χ3n) is 3.50. The van der Waals surface area contributed by atoms with E-state index in [4.69, 9.17) is 17.0 Å². The lowest BCUT2D eigenvalue weighted by molar-refractivity contribution is -0.0386. The summed E-state index contributed by atoms with van der Waals surface area (Å²) in [5.74, 6) is 0. The first-order valence-corrected chi connectivity index (χ1v) is 7.67. The maximum Gasteiger partial charge on any atom is 0.209 e. The normalized spacial score (nSPS) is 17.1. The van der Waals surface area contributed by atoms with Crippen molar-refractivity contribution in [3.8, 4) is 0 Å². The van der Waals surface area contributed by atoms with Crippen LogP contribution in [0, 0.1) is 4.77 Å². The average molecular weight is 308 g/mol. The molecule has 0 amide bonds. The monoisotopic (exact) mass is 308 g/mol. The number of hydrogen-bond donors (Lipinski definition) is 1. The summed E-state index contributed by atoms with van der Waals surface area (Å²) in [4.78, 5) is 17.6. The van der Waals surface area contributed by atoms with Gasteiger partial charge in [-0.25, -0.2) is 0 Å². The lowest BCUT2D eigenvalue weighted by Gasteiger charge is -2.30. The van der Waals surface area contributed by atoms with E-state index < -0.39 is 0 Å². The topological polar surface area (TPSA) is 47.0 Å². The highest BCUT2D eigenvalue weighted by molar-refractivity contribution is 7.71. The molecule has 3 heterocycles. The van der Waals surface area contributed by atoms with Crippen LogP contribution in [0.3, 0.4) is 0 Å². The van der Waals surface area contributed by atoms with Crippen LogP contribution in [0.4, 0.5) is 0 Å². The highest BCUT2D eigenvalue weighted by Crippen LogP contribution is 2.31. The number of ether oxygens (including phenoxy) is 1. The number of aromatic nitrogens is 2. The van der Waals surface area contributed by atoms with E-state index >= 15 is 0 Å². The Morgan fingerprint density at radius 1 is 1.60 bits per heavy atom. The molecule has 6 heteroatoms. The minimum Gasteiger partial charge on any atom is -0.370 e. The lowest BCUT2D eigenvalue weighted by Crippen LogP contribution is -2.34. The third kappa shape index (κ3) is 2.08. The first kappa shape index (κ1) is 13.7. The lowest BCUT2D eigenvalue weighted by atomic mass is 9.96. The Kier molecular flexibility index (Phi) is 3.19. The number of fused-ring (bicyclic) bond motifs is 2.